The zero-order chi connectivity index (χ0) is 43.5. The summed E-state index contributed by atoms with van der Waals surface area (Å²) in [4.78, 5) is 2.62. The Balaban J connectivity index is 1.13. The zero-order valence-corrected chi connectivity index (χ0v) is 37.5. The largest absolute Gasteiger partial charge is 0.309 e. The molecule has 308 valence electrons. The van der Waals surface area contributed by atoms with E-state index >= 15 is 0 Å². The maximum Gasteiger partial charge on any atom is 0.0624 e. The highest BCUT2D eigenvalue weighted by Crippen LogP contribution is 2.63. The van der Waals surface area contributed by atoms with Gasteiger partial charge in [0.25, 0.3) is 0 Å². The van der Waals surface area contributed by atoms with Gasteiger partial charge < -0.3 is 4.90 Å². The van der Waals surface area contributed by atoms with Gasteiger partial charge in [-0.25, -0.2) is 0 Å². The first-order valence-electron chi connectivity index (χ1n) is 22.8. The lowest BCUT2D eigenvalue weighted by Crippen LogP contribution is -2.21. The minimum absolute atomic E-state index is 0.155. The lowest BCUT2D eigenvalue weighted by molar-refractivity contribution is 0.639. The Morgan fingerprint density at radius 2 is 0.672 bits per heavy atom. The summed E-state index contributed by atoms with van der Waals surface area (Å²) in [6.07, 6.45) is 0. The molecule has 64 heavy (non-hydrogen) atoms. The molecule has 0 heterocycles. The van der Waals surface area contributed by atoms with E-state index in [2.05, 4.69) is 247 Å². The zero-order valence-electron chi connectivity index (χ0n) is 37.5. The van der Waals surface area contributed by atoms with Crippen LogP contribution < -0.4 is 4.90 Å². The van der Waals surface area contributed by atoms with Gasteiger partial charge in [-0.2, -0.15) is 0 Å². The van der Waals surface area contributed by atoms with Gasteiger partial charge in [0, 0.05) is 38.7 Å². The normalized spacial score (nSPS) is 15.1. The van der Waals surface area contributed by atoms with E-state index < -0.39 is 0 Å². The van der Waals surface area contributed by atoms with E-state index in [4.69, 9.17) is 0 Å². The van der Waals surface area contributed by atoms with Gasteiger partial charge in [0.1, 0.15) is 0 Å². The summed E-state index contributed by atoms with van der Waals surface area (Å²) < 4.78 is 0. The highest BCUT2D eigenvalue weighted by atomic mass is 15.1. The lowest BCUT2D eigenvalue weighted by atomic mass is 9.77. The summed E-state index contributed by atoms with van der Waals surface area (Å²) in [5.41, 5.74) is 26.6. The summed E-state index contributed by atoms with van der Waals surface area (Å²) >= 11 is 0. The van der Waals surface area contributed by atoms with Crippen LogP contribution in [0.15, 0.2) is 200 Å². The molecule has 0 aromatic heterocycles. The molecule has 0 unspecified atom stereocenters. The van der Waals surface area contributed by atoms with Crippen molar-refractivity contribution < 1.29 is 0 Å². The predicted molar refractivity (Wildman–Crippen MR) is 270 cm³/mol. The monoisotopic (exact) mass is 821 g/mol. The second-order valence-corrected chi connectivity index (χ2v) is 19.7. The fraction of sp³-hybridized carbons (Fsp3) is 0.143. The minimum atomic E-state index is -0.225. The molecule has 0 saturated carbocycles. The van der Waals surface area contributed by atoms with Crippen LogP contribution in [0.3, 0.4) is 0 Å². The van der Waals surface area contributed by atoms with E-state index in [9.17, 15) is 0 Å². The van der Waals surface area contributed by atoms with Crippen molar-refractivity contribution in [3.8, 4) is 66.8 Å². The Hall–Kier alpha value is -7.22. The number of hydrogen-bond acceptors (Lipinski definition) is 1. The first-order valence-corrected chi connectivity index (χ1v) is 22.8. The van der Waals surface area contributed by atoms with Crippen molar-refractivity contribution in [3.05, 3.63) is 234 Å². The molecule has 12 rings (SSSR count). The van der Waals surface area contributed by atoms with Gasteiger partial charge in [-0.3, -0.25) is 0 Å². The Morgan fingerprint density at radius 1 is 0.266 bits per heavy atom. The molecule has 0 radical (unpaired) electrons. The molecule has 1 heteroatoms. The van der Waals surface area contributed by atoms with Crippen LogP contribution in [0.2, 0.25) is 0 Å². The number of rotatable bonds is 6. The Kier molecular flexibility index (Phi) is 8.35. The molecule has 0 saturated heterocycles. The number of fused-ring (bicyclic) bond motifs is 9. The average molecular weight is 822 g/mol. The van der Waals surface area contributed by atoms with E-state index in [1.807, 2.05) is 0 Å². The van der Waals surface area contributed by atoms with Crippen LogP contribution in [0.5, 0.6) is 0 Å². The number of hydrogen-bond donors (Lipinski definition) is 0. The third-order valence-corrected chi connectivity index (χ3v) is 15.1. The third-order valence-electron chi connectivity index (χ3n) is 15.1. The van der Waals surface area contributed by atoms with E-state index in [1.165, 1.54) is 112 Å². The average Bonchev–Trinajstić information content (AvgIpc) is 3.81. The molecule has 0 spiro atoms. The van der Waals surface area contributed by atoms with Gasteiger partial charge in [0.15, 0.2) is 0 Å². The molecule has 9 aromatic rings. The summed E-state index contributed by atoms with van der Waals surface area (Å²) in [6.45, 7) is 14.5. The standard InChI is InChI=1S/C63H51N/c1-61(2)52-23-15-13-21-48(52)49-35-34-47(38-55(49)61)64(46-32-29-44(30-33-46)43-27-25-42(26-28-43)40-17-9-7-10-18-40)60-58-50-22-14-16-24-53(50)62(3,4)56(58)39-57-59(60)51-37-45(41-19-11-8-12-20-41)31-36-54(51)63(57,5)6/h7-39H,1-6H3. The molecule has 3 aliphatic carbocycles. The first kappa shape index (κ1) is 38.5. The number of anilines is 3. The number of benzene rings is 9. The van der Waals surface area contributed by atoms with Gasteiger partial charge in [-0.05, 0) is 119 Å². The first-order chi connectivity index (χ1) is 31.0. The van der Waals surface area contributed by atoms with Crippen LogP contribution >= 0.6 is 0 Å². The van der Waals surface area contributed by atoms with Gasteiger partial charge in [0.05, 0.1) is 5.69 Å². The van der Waals surface area contributed by atoms with Gasteiger partial charge in [-0.1, -0.05) is 211 Å². The summed E-state index contributed by atoms with van der Waals surface area (Å²) in [6, 6.07) is 75.1. The molecule has 0 amide bonds. The highest BCUT2D eigenvalue weighted by Gasteiger charge is 2.46. The second-order valence-electron chi connectivity index (χ2n) is 19.7. The molecule has 0 atom stereocenters. The maximum atomic E-state index is 2.62. The summed E-state index contributed by atoms with van der Waals surface area (Å²) in [5.74, 6) is 0. The lowest BCUT2D eigenvalue weighted by Gasteiger charge is -2.33. The topological polar surface area (TPSA) is 3.24 Å². The third kappa shape index (κ3) is 5.56. The second kappa shape index (κ2) is 13.9. The van der Waals surface area contributed by atoms with Crippen molar-refractivity contribution in [3.63, 3.8) is 0 Å². The quantitative estimate of drug-likeness (QED) is 0.161. The van der Waals surface area contributed by atoms with Crippen LogP contribution in [0.1, 0.15) is 74.9 Å². The van der Waals surface area contributed by atoms with E-state index in [1.54, 1.807) is 0 Å². The van der Waals surface area contributed by atoms with Crippen molar-refractivity contribution in [1.82, 2.24) is 0 Å². The van der Waals surface area contributed by atoms with Gasteiger partial charge in [0.2, 0.25) is 0 Å². The van der Waals surface area contributed by atoms with E-state index in [0.717, 1.165) is 5.69 Å². The smallest absolute Gasteiger partial charge is 0.0624 e. The van der Waals surface area contributed by atoms with Crippen molar-refractivity contribution >= 4 is 17.1 Å². The molecule has 0 bridgehead atoms. The fourth-order valence-electron chi connectivity index (χ4n) is 11.6. The minimum Gasteiger partial charge on any atom is -0.309 e. The Morgan fingerprint density at radius 3 is 1.28 bits per heavy atom. The van der Waals surface area contributed by atoms with Crippen LogP contribution in [0, 0.1) is 0 Å². The molecular weight excluding hydrogens is 771 g/mol. The van der Waals surface area contributed by atoms with E-state index in [0.29, 0.717) is 0 Å². The SMILES string of the molecule is CC1(C)c2ccccc2-c2ccc(N(c3ccc(-c4ccc(-c5ccccc5)cc4)cc3)c3c4c(cc5c3-c3cc(-c6ccccc6)ccc3C5(C)C)C(C)(C)c3ccccc3-4)cc21. The summed E-state index contributed by atoms with van der Waals surface area (Å²) in [7, 11) is 0. The molecule has 0 aliphatic heterocycles. The Labute approximate surface area is 378 Å². The van der Waals surface area contributed by atoms with Crippen LogP contribution in [0.4, 0.5) is 17.1 Å². The van der Waals surface area contributed by atoms with Crippen LogP contribution in [-0.4, -0.2) is 0 Å². The molecule has 9 aromatic carbocycles. The molecule has 0 fully saturated rings. The van der Waals surface area contributed by atoms with Crippen LogP contribution in [-0.2, 0) is 16.2 Å². The summed E-state index contributed by atoms with van der Waals surface area (Å²) in [5, 5.41) is 0. The molecule has 3 aliphatic rings. The fourth-order valence-corrected chi connectivity index (χ4v) is 11.6. The van der Waals surface area contributed by atoms with Crippen molar-refractivity contribution in [2.45, 2.75) is 57.8 Å². The Bertz CT molecular complexity index is 3310. The molecular formula is C63H51N. The van der Waals surface area contributed by atoms with Crippen LogP contribution in [0.25, 0.3) is 66.8 Å². The van der Waals surface area contributed by atoms with Crippen molar-refractivity contribution in [1.29, 1.82) is 0 Å². The van der Waals surface area contributed by atoms with Gasteiger partial charge >= 0.3 is 0 Å². The molecule has 1 nitrogen and oxygen atoms in total. The predicted octanol–water partition coefficient (Wildman–Crippen LogP) is 17.1. The van der Waals surface area contributed by atoms with Crippen molar-refractivity contribution in [2.24, 2.45) is 0 Å². The van der Waals surface area contributed by atoms with Crippen molar-refractivity contribution in [2.75, 3.05) is 4.90 Å². The van der Waals surface area contributed by atoms with Gasteiger partial charge in [-0.15, -0.1) is 0 Å². The molecule has 0 N–H and O–H groups in total. The van der Waals surface area contributed by atoms with E-state index in [-0.39, 0.29) is 16.2 Å². The maximum absolute atomic E-state index is 2.62. The number of nitrogens with zero attached hydrogens (tertiary/aromatic N) is 1. The highest BCUT2D eigenvalue weighted by molar-refractivity contribution is 6.06.